The number of halogens is 1. The van der Waals surface area contributed by atoms with Crippen molar-refractivity contribution < 1.29 is 14.3 Å². The predicted octanol–water partition coefficient (Wildman–Crippen LogP) is 2.73. The summed E-state index contributed by atoms with van der Waals surface area (Å²) >= 11 is 1.53. The van der Waals surface area contributed by atoms with Crippen molar-refractivity contribution in [2.45, 2.75) is 49.1 Å². The van der Waals surface area contributed by atoms with Crippen LogP contribution < -0.4 is 5.32 Å². The highest BCUT2D eigenvalue weighted by molar-refractivity contribution is 7.99. The van der Waals surface area contributed by atoms with Crippen LogP contribution in [-0.4, -0.2) is 28.9 Å². The maximum absolute atomic E-state index is 12.7. The number of carbonyl (C=O) groups excluding carboxylic acids is 1. The molecule has 20 heavy (non-hydrogen) atoms. The molecule has 1 amide bonds. The number of aliphatic hydroxyl groups excluding tert-OH is 1. The fraction of sp³-hybridized carbons (Fsp3) is 0.533. The number of hydrogen-bond donors (Lipinski definition) is 2. The zero-order valence-corrected chi connectivity index (χ0v) is 12.2. The zero-order valence-electron chi connectivity index (χ0n) is 11.3. The van der Waals surface area contributed by atoms with Gasteiger partial charge < -0.3 is 10.4 Å². The molecule has 0 bridgehead atoms. The van der Waals surface area contributed by atoms with Crippen LogP contribution in [0.5, 0.6) is 0 Å². The van der Waals surface area contributed by atoms with Gasteiger partial charge in [0.15, 0.2) is 0 Å². The summed E-state index contributed by atoms with van der Waals surface area (Å²) < 4.78 is 12.7. The summed E-state index contributed by atoms with van der Waals surface area (Å²) in [5.41, 5.74) is 0. The average Bonchev–Trinajstić information content (AvgIpc) is 2.44. The minimum absolute atomic E-state index is 0.0226. The Bertz CT molecular complexity index is 438. The average molecular weight is 297 g/mol. The fourth-order valence-electron chi connectivity index (χ4n) is 2.35. The molecule has 1 aromatic rings. The number of nitrogens with one attached hydrogen (secondary N) is 1. The highest BCUT2D eigenvalue weighted by Gasteiger charge is 2.24. The minimum Gasteiger partial charge on any atom is -0.391 e. The Morgan fingerprint density at radius 3 is 2.70 bits per heavy atom. The Balaban J connectivity index is 1.68. The van der Waals surface area contributed by atoms with E-state index in [2.05, 4.69) is 5.32 Å². The van der Waals surface area contributed by atoms with E-state index in [-0.39, 0.29) is 17.8 Å². The normalized spacial score (nSPS) is 22.5. The van der Waals surface area contributed by atoms with Crippen LogP contribution in [0.4, 0.5) is 4.39 Å². The fourth-order valence-corrected chi connectivity index (χ4v) is 3.20. The summed E-state index contributed by atoms with van der Waals surface area (Å²) in [6.45, 7) is 0. The van der Waals surface area contributed by atoms with Crippen molar-refractivity contribution in [2.24, 2.45) is 0 Å². The molecule has 0 aromatic heterocycles. The van der Waals surface area contributed by atoms with Gasteiger partial charge in [-0.2, -0.15) is 0 Å². The first-order valence-electron chi connectivity index (χ1n) is 7.01. The number of hydrogen-bond acceptors (Lipinski definition) is 3. The van der Waals surface area contributed by atoms with Gasteiger partial charge in [-0.1, -0.05) is 12.8 Å². The lowest BCUT2D eigenvalue weighted by Crippen LogP contribution is -2.45. The first kappa shape index (κ1) is 15.3. The number of benzene rings is 1. The zero-order chi connectivity index (χ0) is 14.4. The van der Waals surface area contributed by atoms with E-state index in [1.807, 2.05) is 0 Å². The van der Waals surface area contributed by atoms with Gasteiger partial charge in [-0.3, -0.25) is 4.79 Å². The Hall–Kier alpha value is -1.07. The van der Waals surface area contributed by atoms with Crippen LogP contribution in [0, 0.1) is 5.82 Å². The molecule has 5 heteroatoms. The molecule has 1 fully saturated rings. The summed E-state index contributed by atoms with van der Waals surface area (Å²) in [6, 6.07) is 6.17. The topological polar surface area (TPSA) is 49.3 Å². The maximum atomic E-state index is 12.7. The van der Waals surface area contributed by atoms with Gasteiger partial charge in [-0.05, 0) is 37.1 Å². The molecule has 1 aliphatic rings. The molecule has 3 nitrogen and oxygen atoms in total. The predicted molar refractivity (Wildman–Crippen MR) is 78.1 cm³/mol. The van der Waals surface area contributed by atoms with Crippen LogP contribution in [0.2, 0.25) is 0 Å². The molecule has 0 radical (unpaired) electrons. The second kappa shape index (κ2) is 7.64. The lowest BCUT2D eigenvalue weighted by atomic mass is 9.92. The van der Waals surface area contributed by atoms with Crippen LogP contribution in [-0.2, 0) is 4.79 Å². The van der Waals surface area contributed by atoms with Crippen LogP contribution in [0.25, 0.3) is 0 Å². The Morgan fingerprint density at radius 1 is 1.30 bits per heavy atom. The number of aliphatic hydroxyl groups is 1. The van der Waals surface area contributed by atoms with Gasteiger partial charge in [0, 0.05) is 17.1 Å². The van der Waals surface area contributed by atoms with Gasteiger partial charge in [0.05, 0.1) is 12.1 Å². The number of amides is 1. The van der Waals surface area contributed by atoms with Gasteiger partial charge in [0.25, 0.3) is 0 Å². The van der Waals surface area contributed by atoms with Crippen molar-refractivity contribution in [1.82, 2.24) is 5.32 Å². The van der Waals surface area contributed by atoms with Crippen molar-refractivity contribution in [3.8, 4) is 0 Å². The maximum Gasteiger partial charge on any atom is 0.221 e. The molecule has 2 unspecified atom stereocenters. The van der Waals surface area contributed by atoms with Crippen molar-refractivity contribution in [1.29, 1.82) is 0 Å². The third kappa shape index (κ3) is 4.80. The van der Waals surface area contributed by atoms with E-state index in [9.17, 15) is 14.3 Å². The minimum atomic E-state index is -0.405. The Morgan fingerprint density at radius 2 is 2.00 bits per heavy atom. The molecule has 0 aliphatic heterocycles. The SMILES string of the molecule is O=C(CCSc1ccc(F)cc1)NC1CCCCC1O. The molecule has 2 N–H and O–H groups in total. The largest absolute Gasteiger partial charge is 0.391 e. The van der Waals surface area contributed by atoms with E-state index in [1.165, 1.54) is 23.9 Å². The quantitative estimate of drug-likeness (QED) is 0.822. The van der Waals surface area contributed by atoms with Crippen LogP contribution in [0.15, 0.2) is 29.2 Å². The van der Waals surface area contributed by atoms with Gasteiger partial charge in [0.2, 0.25) is 5.91 Å². The smallest absolute Gasteiger partial charge is 0.221 e. The van der Waals surface area contributed by atoms with E-state index in [4.69, 9.17) is 0 Å². The lowest BCUT2D eigenvalue weighted by molar-refractivity contribution is -0.122. The van der Waals surface area contributed by atoms with E-state index in [0.717, 1.165) is 30.6 Å². The van der Waals surface area contributed by atoms with Crippen molar-refractivity contribution in [2.75, 3.05) is 5.75 Å². The van der Waals surface area contributed by atoms with Gasteiger partial charge in [0.1, 0.15) is 5.82 Å². The first-order chi connectivity index (χ1) is 9.65. The van der Waals surface area contributed by atoms with Crippen LogP contribution >= 0.6 is 11.8 Å². The molecule has 1 aromatic carbocycles. The summed E-state index contributed by atoms with van der Waals surface area (Å²) in [4.78, 5) is 12.8. The molecule has 2 rings (SSSR count). The molecule has 1 aliphatic carbocycles. The van der Waals surface area contributed by atoms with Crippen molar-refractivity contribution in [3.63, 3.8) is 0 Å². The summed E-state index contributed by atoms with van der Waals surface area (Å²) in [7, 11) is 0. The molecule has 1 saturated carbocycles. The first-order valence-corrected chi connectivity index (χ1v) is 7.99. The lowest BCUT2D eigenvalue weighted by Gasteiger charge is -2.28. The van der Waals surface area contributed by atoms with E-state index in [0.29, 0.717) is 12.2 Å². The van der Waals surface area contributed by atoms with E-state index < -0.39 is 6.10 Å². The molecular formula is C15H20FNO2S. The standard InChI is InChI=1S/C15H20FNO2S/c16-11-5-7-12(8-6-11)20-10-9-15(19)17-13-3-1-2-4-14(13)18/h5-8,13-14,18H,1-4,9-10H2,(H,17,19). The Kier molecular flexibility index (Phi) is 5.86. The van der Waals surface area contributed by atoms with E-state index >= 15 is 0 Å². The van der Waals surface area contributed by atoms with E-state index in [1.54, 1.807) is 12.1 Å². The van der Waals surface area contributed by atoms with Gasteiger partial charge in [-0.25, -0.2) is 4.39 Å². The molecule has 0 heterocycles. The summed E-state index contributed by atoms with van der Waals surface area (Å²) in [6.07, 6.45) is 3.73. The second-order valence-corrected chi connectivity index (χ2v) is 6.25. The molecule has 0 spiro atoms. The Labute approximate surface area is 123 Å². The van der Waals surface area contributed by atoms with Gasteiger partial charge in [-0.15, -0.1) is 11.8 Å². The van der Waals surface area contributed by atoms with Gasteiger partial charge >= 0.3 is 0 Å². The summed E-state index contributed by atoms with van der Waals surface area (Å²) in [5.74, 6) is 0.379. The molecule has 2 atom stereocenters. The third-order valence-corrected chi connectivity index (χ3v) is 4.50. The molecule has 0 saturated heterocycles. The number of rotatable bonds is 5. The number of thioether (sulfide) groups is 1. The van der Waals surface area contributed by atoms with Crippen molar-refractivity contribution in [3.05, 3.63) is 30.1 Å². The highest BCUT2D eigenvalue weighted by Crippen LogP contribution is 2.20. The van der Waals surface area contributed by atoms with Crippen LogP contribution in [0.3, 0.4) is 0 Å². The molecule has 110 valence electrons. The summed E-state index contributed by atoms with van der Waals surface area (Å²) in [5, 5.41) is 12.7. The molecular weight excluding hydrogens is 277 g/mol. The second-order valence-electron chi connectivity index (χ2n) is 5.08. The highest BCUT2D eigenvalue weighted by atomic mass is 32.2. The van der Waals surface area contributed by atoms with Crippen LogP contribution in [0.1, 0.15) is 32.1 Å². The monoisotopic (exact) mass is 297 g/mol. The number of carbonyl (C=O) groups is 1. The third-order valence-electron chi connectivity index (χ3n) is 3.49. The van der Waals surface area contributed by atoms with Crippen molar-refractivity contribution >= 4 is 17.7 Å².